The second-order valence-electron chi connectivity index (χ2n) is 6.75. The molecule has 1 aromatic rings. The van der Waals surface area contributed by atoms with Crippen LogP contribution in [0.3, 0.4) is 0 Å². The van der Waals surface area contributed by atoms with Crippen LogP contribution in [0.25, 0.3) is 0 Å². The van der Waals surface area contributed by atoms with Gasteiger partial charge in [0.05, 0.1) is 10.5 Å². The Balaban J connectivity index is 2.25. The van der Waals surface area contributed by atoms with Gasteiger partial charge in [-0.1, -0.05) is 13.8 Å². The Labute approximate surface area is 135 Å². The van der Waals surface area contributed by atoms with Crippen molar-refractivity contribution in [3.05, 3.63) is 33.9 Å². The molecule has 7 nitrogen and oxygen atoms in total. The molecular weight excluding hydrogens is 300 g/mol. The molecule has 0 radical (unpaired) electrons. The predicted octanol–water partition coefficient (Wildman–Crippen LogP) is 2.58. The number of aromatic hydroxyl groups is 1. The van der Waals surface area contributed by atoms with Crippen LogP contribution in [0.2, 0.25) is 0 Å². The van der Waals surface area contributed by atoms with Crippen molar-refractivity contribution in [1.82, 2.24) is 4.90 Å². The normalized spacial score (nSPS) is 25.5. The molecule has 0 heterocycles. The van der Waals surface area contributed by atoms with Crippen molar-refractivity contribution in [2.45, 2.75) is 38.8 Å². The summed E-state index contributed by atoms with van der Waals surface area (Å²) in [5.41, 5.74) is -0.847. The van der Waals surface area contributed by atoms with E-state index in [1.807, 2.05) is 20.8 Å². The summed E-state index contributed by atoms with van der Waals surface area (Å²) in [7, 11) is 3.34. The van der Waals surface area contributed by atoms with E-state index in [4.69, 9.17) is 4.74 Å². The van der Waals surface area contributed by atoms with E-state index in [1.54, 1.807) is 19.1 Å². The number of hydrogen-bond acceptors (Lipinski definition) is 5. The lowest BCUT2D eigenvalue weighted by atomic mass is 9.55. The Hall–Kier alpha value is -2.15. The minimum Gasteiger partial charge on any atom is -0.502 e. The standard InChI is InChI=1S/C16H22N2O5/c1-15(2)13(9-16(15,3)23-5)17(4)14(20)10-6-7-12(19)11(8-10)18(21)22/h6-8,13,19H,9H2,1-5H3/t13-,16-/m1/s1. The molecular formula is C16H22N2O5. The number of rotatable bonds is 4. The molecule has 0 bridgehead atoms. The molecule has 0 saturated heterocycles. The number of carbonyl (C=O) groups is 1. The lowest BCUT2D eigenvalue weighted by molar-refractivity contribution is -0.385. The summed E-state index contributed by atoms with van der Waals surface area (Å²) in [6.07, 6.45) is 0.693. The lowest BCUT2D eigenvalue weighted by Crippen LogP contribution is -2.68. The van der Waals surface area contributed by atoms with Gasteiger partial charge in [-0.2, -0.15) is 0 Å². The first-order valence-corrected chi connectivity index (χ1v) is 7.35. The minimum absolute atomic E-state index is 0.0344. The van der Waals surface area contributed by atoms with E-state index in [0.29, 0.717) is 6.42 Å². The van der Waals surface area contributed by atoms with Gasteiger partial charge >= 0.3 is 5.69 Å². The molecule has 0 unspecified atom stereocenters. The summed E-state index contributed by atoms with van der Waals surface area (Å²) in [4.78, 5) is 24.4. The number of carbonyl (C=O) groups excluding carboxylic acids is 1. The van der Waals surface area contributed by atoms with Gasteiger partial charge < -0.3 is 14.7 Å². The fraction of sp³-hybridized carbons (Fsp3) is 0.562. The number of nitrogens with zero attached hydrogens (tertiary/aromatic N) is 2. The number of phenols is 1. The van der Waals surface area contributed by atoms with Gasteiger partial charge in [0, 0.05) is 37.2 Å². The summed E-state index contributed by atoms with van der Waals surface area (Å²) in [6, 6.07) is 3.63. The van der Waals surface area contributed by atoms with E-state index in [1.165, 1.54) is 12.1 Å². The summed E-state index contributed by atoms with van der Waals surface area (Å²) < 4.78 is 5.56. The fourth-order valence-electron chi connectivity index (χ4n) is 3.22. The van der Waals surface area contributed by atoms with Crippen molar-refractivity contribution in [2.24, 2.45) is 5.41 Å². The summed E-state index contributed by atoms with van der Waals surface area (Å²) >= 11 is 0. The molecule has 0 spiro atoms. The zero-order chi connectivity index (χ0) is 17.6. The van der Waals surface area contributed by atoms with Crippen LogP contribution in [-0.2, 0) is 4.74 Å². The molecule has 1 fully saturated rings. The first-order valence-electron chi connectivity index (χ1n) is 7.35. The average Bonchev–Trinajstić information content (AvgIpc) is 2.50. The SMILES string of the molecule is CO[C@]1(C)C[C@@H](N(C)C(=O)c2ccc(O)c([N+](=O)[O-])c2)C1(C)C. The number of nitro groups is 1. The maximum absolute atomic E-state index is 12.6. The maximum atomic E-state index is 12.6. The molecule has 2 atom stereocenters. The molecule has 1 saturated carbocycles. The van der Waals surface area contributed by atoms with Crippen molar-refractivity contribution < 1.29 is 19.6 Å². The van der Waals surface area contributed by atoms with Crippen molar-refractivity contribution in [3.63, 3.8) is 0 Å². The fourth-order valence-corrected chi connectivity index (χ4v) is 3.22. The van der Waals surface area contributed by atoms with Crippen molar-refractivity contribution in [3.8, 4) is 5.75 Å². The molecule has 0 aromatic heterocycles. The van der Waals surface area contributed by atoms with E-state index >= 15 is 0 Å². The molecule has 0 aliphatic heterocycles. The first-order chi connectivity index (χ1) is 10.5. The highest BCUT2D eigenvalue weighted by Gasteiger charge is 2.59. The summed E-state index contributed by atoms with van der Waals surface area (Å²) in [5.74, 6) is -0.769. The van der Waals surface area contributed by atoms with Crippen LogP contribution in [0.1, 0.15) is 37.6 Å². The number of phenolic OH excluding ortho intramolecular Hbond substituents is 1. The zero-order valence-corrected chi connectivity index (χ0v) is 14.0. The molecule has 126 valence electrons. The zero-order valence-electron chi connectivity index (χ0n) is 14.0. The topological polar surface area (TPSA) is 92.9 Å². The van der Waals surface area contributed by atoms with Crippen LogP contribution in [0.4, 0.5) is 5.69 Å². The first kappa shape index (κ1) is 17.2. The van der Waals surface area contributed by atoms with Gasteiger partial charge in [-0.25, -0.2) is 0 Å². The number of amides is 1. The minimum atomic E-state index is -0.707. The molecule has 1 aliphatic rings. The van der Waals surface area contributed by atoms with Gasteiger partial charge in [-0.05, 0) is 25.5 Å². The highest BCUT2D eigenvalue weighted by Crippen LogP contribution is 2.53. The summed E-state index contributed by atoms with van der Waals surface area (Å²) in [6.45, 7) is 6.08. The Bertz CT molecular complexity index is 658. The third kappa shape index (κ3) is 2.55. The van der Waals surface area contributed by atoms with Crippen molar-refractivity contribution in [2.75, 3.05) is 14.2 Å². The van der Waals surface area contributed by atoms with Crippen LogP contribution >= 0.6 is 0 Å². The number of ether oxygens (including phenoxy) is 1. The van der Waals surface area contributed by atoms with E-state index in [2.05, 4.69) is 0 Å². The van der Waals surface area contributed by atoms with Gasteiger partial charge in [0.1, 0.15) is 0 Å². The van der Waals surface area contributed by atoms with Gasteiger partial charge in [-0.3, -0.25) is 14.9 Å². The van der Waals surface area contributed by atoms with Gasteiger partial charge in [0.25, 0.3) is 5.91 Å². The third-order valence-electron chi connectivity index (χ3n) is 5.44. The van der Waals surface area contributed by atoms with Gasteiger partial charge in [0.2, 0.25) is 0 Å². The number of nitro benzene ring substituents is 1. The number of benzene rings is 1. The van der Waals surface area contributed by atoms with Gasteiger partial charge in [-0.15, -0.1) is 0 Å². The van der Waals surface area contributed by atoms with E-state index in [0.717, 1.165) is 6.07 Å². The maximum Gasteiger partial charge on any atom is 0.311 e. The largest absolute Gasteiger partial charge is 0.502 e. The molecule has 1 aromatic carbocycles. The van der Waals surface area contributed by atoms with E-state index in [9.17, 15) is 20.0 Å². The van der Waals surface area contributed by atoms with Crippen molar-refractivity contribution >= 4 is 11.6 Å². The molecule has 7 heteroatoms. The molecule has 1 N–H and O–H groups in total. The number of hydrogen-bond donors (Lipinski definition) is 1. The Morgan fingerprint density at radius 2 is 2.04 bits per heavy atom. The van der Waals surface area contributed by atoms with Crippen LogP contribution in [0.15, 0.2) is 18.2 Å². The van der Waals surface area contributed by atoms with Crippen LogP contribution in [0.5, 0.6) is 5.75 Å². The second-order valence-corrected chi connectivity index (χ2v) is 6.75. The van der Waals surface area contributed by atoms with Crippen LogP contribution < -0.4 is 0 Å². The lowest BCUT2D eigenvalue weighted by Gasteiger charge is -2.61. The molecule has 2 rings (SSSR count). The van der Waals surface area contributed by atoms with E-state index < -0.39 is 16.4 Å². The smallest absolute Gasteiger partial charge is 0.311 e. The van der Waals surface area contributed by atoms with Crippen molar-refractivity contribution in [1.29, 1.82) is 0 Å². The quantitative estimate of drug-likeness (QED) is 0.679. The average molecular weight is 322 g/mol. The van der Waals surface area contributed by atoms with Crippen LogP contribution in [-0.4, -0.2) is 46.6 Å². The number of methoxy groups -OCH3 is 1. The summed E-state index contributed by atoms with van der Waals surface area (Å²) in [5, 5.41) is 20.4. The highest BCUT2D eigenvalue weighted by molar-refractivity contribution is 5.95. The van der Waals surface area contributed by atoms with E-state index in [-0.39, 0.29) is 28.5 Å². The molecule has 23 heavy (non-hydrogen) atoms. The molecule has 1 amide bonds. The molecule has 1 aliphatic carbocycles. The predicted molar refractivity (Wildman–Crippen MR) is 84.5 cm³/mol. The Morgan fingerprint density at radius 3 is 2.52 bits per heavy atom. The Morgan fingerprint density at radius 1 is 1.43 bits per heavy atom. The van der Waals surface area contributed by atoms with Gasteiger partial charge in [0.15, 0.2) is 5.75 Å². The Kier molecular flexibility index (Phi) is 4.11. The highest BCUT2D eigenvalue weighted by atomic mass is 16.6. The monoisotopic (exact) mass is 322 g/mol. The second kappa shape index (κ2) is 5.49. The van der Waals surface area contributed by atoms with Crippen LogP contribution in [0, 0.1) is 15.5 Å². The third-order valence-corrected chi connectivity index (χ3v) is 5.44.